The smallest absolute Gasteiger partial charge is 0.0588 e. The van der Waals surface area contributed by atoms with Gasteiger partial charge in [-0.1, -0.05) is 46.6 Å². The molecule has 0 spiro atoms. The standard InChI is InChI=1S/C16H16BrClIN/c1-2-8-20-16(11-4-3-5-12(18)9-11)14-10-13(19)6-7-15(14)17/h3-7,9-10,16,20H,2,8H2,1H3. The Bertz CT molecular complexity index is 588. The summed E-state index contributed by atoms with van der Waals surface area (Å²) in [4.78, 5) is 0. The van der Waals surface area contributed by atoms with Crippen molar-refractivity contribution in [2.75, 3.05) is 6.54 Å². The Labute approximate surface area is 147 Å². The van der Waals surface area contributed by atoms with Crippen LogP contribution in [0.15, 0.2) is 46.9 Å². The van der Waals surface area contributed by atoms with Gasteiger partial charge in [0.2, 0.25) is 0 Å². The van der Waals surface area contributed by atoms with Crippen LogP contribution in [0.5, 0.6) is 0 Å². The quantitative estimate of drug-likeness (QED) is 0.552. The molecule has 0 aliphatic rings. The molecule has 1 atom stereocenters. The van der Waals surface area contributed by atoms with Gasteiger partial charge in [-0.15, -0.1) is 0 Å². The number of benzene rings is 2. The average Bonchev–Trinajstić information content (AvgIpc) is 2.43. The molecule has 106 valence electrons. The third-order valence-corrected chi connectivity index (χ3v) is 4.68. The van der Waals surface area contributed by atoms with Crippen LogP contribution < -0.4 is 5.32 Å². The highest BCUT2D eigenvalue weighted by Crippen LogP contribution is 2.31. The van der Waals surface area contributed by atoms with Gasteiger partial charge in [-0.2, -0.15) is 0 Å². The fraction of sp³-hybridized carbons (Fsp3) is 0.250. The molecule has 0 radical (unpaired) electrons. The van der Waals surface area contributed by atoms with Crippen molar-refractivity contribution in [1.82, 2.24) is 5.32 Å². The van der Waals surface area contributed by atoms with E-state index < -0.39 is 0 Å². The molecule has 0 aromatic heterocycles. The van der Waals surface area contributed by atoms with E-state index >= 15 is 0 Å². The predicted molar refractivity (Wildman–Crippen MR) is 98.4 cm³/mol. The summed E-state index contributed by atoms with van der Waals surface area (Å²) in [6.45, 7) is 3.14. The molecule has 0 aliphatic carbocycles. The van der Waals surface area contributed by atoms with Crippen LogP contribution in [0.2, 0.25) is 5.02 Å². The van der Waals surface area contributed by atoms with Gasteiger partial charge in [0.25, 0.3) is 0 Å². The maximum Gasteiger partial charge on any atom is 0.0588 e. The van der Waals surface area contributed by atoms with Crippen LogP contribution in [0.25, 0.3) is 0 Å². The van der Waals surface area contributed by atoms with Crippen LogP contribution in [0.1, 0.15) is 30.5 Å². The van der Waals surface area contributed by atoms with E-state index in [0.29, 0.717) is 0 Å². The molecular formula is C16H16BrClIN. The first kappa shape index (κ1) is 16.3. The highest BCUT2D eigenvalue weighted by Gasteiger charge is 2.16. The number of halogens is 3. The second-order valence-electron chi connectivity index (χ2n) is 4.61. The van der Waals surface area contributed by atoms with E-state index in [1.165, 1.54) is 14.7 Å². The molecule has 1 N–H and O–H groups in total. The fourth-order valence-electron chi connectivity index (χ4n) is 2.12. The lowest BCUT2D eigenvalue weighted by Crippen LogP contribution is -2.23. The van der Waals surface area contributed by atoms with Crippen molar-refractivity contribution in [1.29, 1.82) is 0 Å². The lowest BCUT2D eigenvalue weighted by atomic mass is 9.98. The summed E-state index contributed by atoms with van der Waals surface area (Å²) in [6.07, 6.45) is 1.10. The summed E-state index contributed by atoms with van der Waals surface area (Å²) < 4.78 is 2.35. The summed E-state index contributed by atoms with van der Waals surface area (Å²) >= 11 is 12.1. The highest BCUT2D eigenvalue weighted by atomic mass is 127. The Kier molecular flexibility index (Phi) is 6.33. The average molecular weight is 465 g/mol. The molecule has 1 nitrogen and oxygen atoms in total. The topological polar surface area (TPSA) is 12.0 Å². The molecule has 2 aromatic carbocycles. The first-order valence-electron chi connectivity index (χ1n) is 6.55. The molecule has 0 aliphatic heterocycles. The van der Waals surface area contributed by atoms with Crippen molar-refractivity contribution < 1.29 is 0 Å². The molecule has 4 heteroatoms. The molecule has 2 rings (SSSR count). The van der Waals surface area contributed by atoms with Gasteiger partial charge in [-0.25, -0.2) is 0 Å². The summed E-state index contributed by atoms with van der Waals surface area (Å²) in [7, 11) is 0. The van der Waals surface area contributed by atoms with Gasteiger partial charge < -0.3 is 5.32 Å². The molecule has 0 saturated heterocycles. The molecular weight excluding hydrogens is 448 g/mol. The third kappa shape index (κ3) is 4.20. The second-order valence-corrected chi connectivity index (χ2v) is 7.14. The molecule has 0 heterocycles. The zero-order valence-electron chi connectivity index (χ0n) is 11.2. The largest absolute Gasteiger partial charge is 0.306 e. The monoisotopic (exact) mass is 463 g/mol. The van der Waals surface area contributed by atoms with Gasteiger partial charge >= 0.3 is 0 Å². The Hall–Kier alpha value is -0.100. The lowest BCUT2D eigenvalue weighted by Gasteiger charge is -2.21. The van der Waals surface area contributed by atoms with Crippen molar-refractivity contribution in [3.63, 3.8) is 0 Å². The molecule has 1 unspecified atom stereocenters. The van der Waals surface area contributed by atoms with Crippen molar-refractivity contribution >= 4 is 50.1 Å². The maximum atomic E-state index is 6.14. The third-order valence-electron chi connectivity index (χ3n) is 3.05. The predicted octanol–water partition coefficient (Wildman–Crippen LogP) is 5.80. The van der Waals surface area contributed by atoms with Gasteiger partial charge in [0.15, 0.2) is 0 Å². The Balaban J connectivity index is 2.44. The number of hydrogen-bond donors (Lipinski definition) is 1. The van der Waals surface area contributed by atoms with Gasteiger partial charge in [0.05, 0.1) is 6.04 Å². The molecule has 20 heavy (non-hydrogen) atoms. The van der Waals surface area contributed by atoms with Gasteiger partial charge in [-0.3, -0.25) is 0 Å². The van der Waals surface area contributed by atoms with E-state index in [9.17, 15) is 0 Å². The van der Waals surface area contributed by atoms with Crippen LogP contribution >= 0.6 is 50.1 Å². The van der Waals surface area contributed by atoms with Crippen molar-refractivity contribution in [3.05, 3.63) is 66.7 Å². The number of hydrogen-bond acceptors (Lipinski definition) is 1. The summed E-state index contributed by atoms with van der Waals surface area (Å²) in [5, 5.41) is 4.38. The zero-order chi connectivity index (χ0) is 14.5. The molecule has 0 amide bonds. The van der Waals surface area contributed by atoms with Gasteiger partial charge in [0.1, 0.15) is 0 Å². The van der Waals surface area contributed by atoms with Crippen LogP contribution in [-0.4, -0.2) is 6.54 Å². The summed E-state index contributed by atoms with van der Waals surface area (Å²) in [6, 6.07) is 14.6. The Morgan fingerprint density at radius 1 is 1.25 bits per heavy atom. The Morgan fingerprint density at radius 2 is 2.05 bits per heavy atom. The highest BCUT2D eigenvalue weighted by molar-refractivity contribution is 14.1. The second kappa shape index (κ2) is 7.78. The minimum absolute atomic E-state index is 0.151. The van der Waals surface area contributed by atoms with Crippen LogP contribution in [0.4, 0.5) is 0 Å². The molecule has 0 fully saturated rings. The van der Waals surface area contributed by atoms with Gasteiger partial charge in [0, 0.05) is 13.1 Å². The number of rotatable bonds is 5. The van der Waals surface area contributed by atoms with Gasteiger partial charge in [-0.05, 0) is 77.0 Å². The van der Waals surface area contributed by atoms with Crippen molar-refractivity contribution in [2.24, 2.45) is 0 Å². The van der Waals surface area contributed by atoms with E-state index in [-0.39, 0.29) is 6.04 Å². The fourth-order valence-corrected chi connectivity index (χ4v) is 3.31. The van der Waals surface area contributed by atoms with Crippen molar-refractivity contribution in [3.8, 4) is 0 Å². The molecule has 2 aromatic rings. The van der Waals surface area contributed by atoms with E-state index in [0.717, 1.165) is 22.5 Å². The minimum Gasteiger partial charge on any atom is -0.306 e. The maximum absolute atomic E-state index is 6.14. The lowest BCUT2D eigenvalue weighted by molar-refractivity contribution is 0.596. The van der Waals surface area contributed by atoms with Crippen LogP contribution in [-0.2, 0) is 0 Å². The van der Waals surface area contributed by atoms with Crippen molar-refractivity contribution in [2.45, 2.75) is 19.4 Å². The minimum atomic E-state index is 0.151. The van der Waals surface area contributed by atoms with E-state index in [2.05, 4.69) is 75.0 Å². The Morgan fingerprint density at radius 3 is 2.75 bits per heavy atom. The first-order valence-corrected chi connectivity index (χ1v) is 8.80. The van der Waals surface area contributed by atoms with Crippen LogP contribution in [0.3, 0.4) is 0 Å². The van der Waals surface area contributed by atoms with E-state index in [1.54, 1.807) is 0 Å². The number of nitrogens with one attached hydrogen (secondary N) is 1. The summed E-state index contributed by atoms with van der Waals surface area (Å²) in [5.41, 5.74) is 2.43. The zero-order valence-corrected chi connectivity index (χ0v) is 15.7. The van der Waals surface area contributed by atoms with E-state index in [4.69, 9.17) is 11.6 Å². The summed E-state index contributed by atoms with van der Waals surface area (Å²) in [5.74, 6) is 0. The van der Waals surface area contributed by atoms with Crippen LogP contribution in [0, 0.1) is 3.57 Å². The normalized spacial score (nSPS) is 12.4. The molecule has 0 bridgehead atoms. The molecule has 0 saturated carbocycles. The SMILES string of the molecule is CCCNC(c1cccc(Cl)c1)c1cc(I)ccc1Br. The van der Waals surface area contributed by atoms with E-state index in [1.807, 2.05) is 18.2 Å². The first-order chi connectivity index (χ1) is 9.61.